The lowest BCUT2D eigenvalue weighted by atomic mass is 10.1. The Morgan fingerprint density at radius 3 is 2.53 bits per heavy atom. The summed E-state index contributed by atoms with van der Waals surface area (Å²) >= 11 is 0. The van der Waals surface area contributed by atoms with Crippen molar-refractivity contribution in [3.8, 4) is 0 Å². The Bertz CT molecular complexity index is 169. The summed E-state index contributed by atoms with van der Waals surface area (Å²) in [5, 5.41) is 2.94. The third-order valence-electron chi connectivity index (χ3n) is 2.48. The second kappa shape index (κ2) is 8.72. The molecular weight excluding hydrogens is 188 g/mol. The zero-order chi connectivity index (χ0) is 11.7. The maximum atomic E-state index is 11.4. The first-order chi connectivity index (χ1) is 7.06. The summed E-state index contributed by atoms with van der Waals surface area (Å²) in [4.78, 5) is 13.4. The number of carbonyl (C=O) groups excluding carboxylic acids is 1. The van der Waals surface area contributed by atoms with E-state index >= 15 is 0 Å². The Morgan fingerprint density at radius 1 is 1.33 bits per heavy atom. The highest BCUT2D eigenvalue weighted by Crippen LogP contribution is 2.04. The van der Waals surface area contributed by atoms with Gasteiger partial charge in [-0.1, -0.05) is 33.6 Å². The van der Waals surface area contributed by atoms with Gasteiger partial charge in [-0.25, -0.2) is 0 Å². The molecule has 0 bridgehead atoms. The second-order valence-corrected chi connectivity index (χ2v) is 4.57. The van der Waals surface area contributed by atoms with Crippen molar-refractivity contribution in [3.63, 3.8) is 0 Å². The van der Waals surface area contributed by atoms with Gasteiger partial charge >= 0.3 is 0 Å². The van der Waals surface area contributed by atoms with Gasteiger partial charge in [-0.3, -0.25) is 9.69 Å². The Balaban J connectivity index is 3.31. The first-order valence-electron chi connectivity index (χ1n) is 6.01. The fourth-order valence-corrected chi connectivity index (χ4v) is 1.32. The number of likely N-dealkylation sites (N-methyl/N-ethyl adjacent to an activating group) is 1. The largest absolute Gasteiger partial charge is 0.355 e. The van der Waals surface area contributed by atoms with Gasteiger partial charge < -0.3 is 5.32 Å². The van der Waals surface area contributed by atoms with Gasteiger partial charge in [-0.05, 0) is 25.9 Å². The van der Waals surface area contributed by atoms with E-state index in [4.69, 9.17) is 0 Å². The summed E-state index contributed by atoms with van der Waals surface area (Å²) in [7, 11) is 1.96. The molecule has 0 unspecified atom stereocenters. The highest BCUT2D eigenvalue weighted by molar-refractivity contribution is 5.77. The van der Waals surface area contributed by atoms with E-state index in [0.29, 0.717) is 6.54 Å². The third-order valence-corrected chi connectivity index (χ3v) is 2.48. The molecular formula is C12H26N2O. The summed E-state index contributed by atoms with van der Waals surface area (Å²) in [5.74, 6) is 0.913. The van der Waals surface area contributed by atoms with Crippen molar-refractivity contribution in [2.24, 2.45) is 5.92 Å². The summed E-state index contributed by atoms with van der Waals surface area (Å²) in [6, 6.07) is 0. The molecule has 0 radical (unpaired) electrons. The molecule has 0 atom stereocenters. The molecule has 0 aromatic heterocycles. The summed E-state index contributed by atoms with van der Waals surface area (Å²) in [6.07, 6.45) is 3.56. The molecule has 0 saturated carbocycles. The molecule has 0 aromatic rings. The molecule has 0 rings (SSSR count). The normalized spacial score (nSPS) is 11.1. The number of amides is 1. The number of unbranched alkanes of at least 4 members (excludes halogenated alkanes) is 1. The highest BCUT2D eigenvalue weighted by atomic mass is 16.1. The van der Waals surface area contributed by atoms with Crippen molar-refractivity contribution in [2.75, 3.05) is 26.7 Å². The monoisotopic (exact) mass is 214 g/mol. The summed E-state index contributed by atoms with van der Waals surface area (Å²) in [6.45, 7) is 8.77. The summed E-state index contributed by atoms with van der Waals surface area (Å²) < 4.78 is 0. The molecule has 0 aliphatic heterocycles. The lowest BCUT2D eigenvalue weighted by Crippen LogP contribution is -2.35. The average Bonchev–Trinajstić information content (AvgIpc) is 2.16. The second-order valence-electron chi connectivity index (χ2n) is 4.57. The van der Waals surface area contributed by atoms with E-state index < -0.39 is 0 Å². The quantitative estimate of drug-likeness (QED) is 0.626. The van der Waals surface area contributed by atoms with E-state index in [0.717, 1.165) is 25.4 Å². The van der Waals surface area contributed by atoms with Crippen LogP contribution in [0.4, 0.5) is 0 Å². The molecule has 1 amide bonds. The van der Waals surface area contributed by atoms with Crippen molar-refractivity contribution in [1.82, 2.24) is 10.2 Å². The van der Waals surface area contributed by atoms with Crippen LogP contribution in [0.3, 0.4) is 0 Å². The predicted octanol–water partition coefficient (Wildman–Crippen LogP) is 1.88. The van der Waals surface area contributed by atoms with Crippen LogP contribution in [0.15, 0.2) is 0 Å². The van der Waals surface area contributed by atoms with Gasteiger partial charge in [-0.2, -0.15) is 0 Å². The van der Waals surface area contributed by atoms with Gasteiger partial charge in [0, 0.05) is 6.54 Å². The van der Waals surface area contributed by atoms with Gasteiger partial charge in [0.15, 0.2) is 0 Å². The number of nitrogens with zero attached hydrogens (tertiary/aromatic N) is 1. The van der Waals surface area contributed by atoms with Crippen LogP contribution in [0.1, 0.15) is 40.0 Å². The van der Waals surface area contributed by atoms with E-state index in [2.05, 4.69) is 26.1 Å². The fraction of sp³-hybridized carbons (Fsp3) is 0.917. The maximum Gasteiger partial charge on any atom is 0.234 e. The molecule has 3 heteroatoms. The van der Waals surface area contributed by atoms with Crippen LogP contribution in [-0.4, -0.2) is 37.5 Å². The molecule has 0 aliphatic carbocycles. The lowest BCUT2D eigenvalue weighted by Gasteiger charge is -2.13. The van der Waals surface area contributed by atoms with Crippen LogP contribution >= 0.6 is 0 Å². The number of hydrogen-bond acceptors (Lipinski definition) is 2. The minimum Gasteiger partial charge on any atom is -0.355 e. The first-order valence-corrected chi connectivity index (χ1v) is 6.01. The number of carbonyl (C=O) groups is 1. The molecule has 0 saturated heterocycles. The van der Waals surface area contributed by atoms with E-state index in [1.54, 1.807) is 0 Å². The van der Waals surface area contributed by atoms with Crippen molar-refractivity contribution >= 4 is 5.91 Å². The number of nitrogens with one attached hydrogen (secondary N) is 1. The molecule has 0 fully saturated rings. The van der Waals surface area contributed by atoms with Crippen LogP contribution in [0.25, 0.3) is 0 Å². The fourth-order valence-electron chi connectivity index (χ4n) is 1.32. The lowest BCUT2D eigenvalue weighted by molar-refractivity contribution is -0.121. The number of rotatable bonds is 8. The molecule has 0 aliphatic rings. The molecule has 0 heterocycles. The standard InChI is InChI=1S/C12H26N2O/c1-5-14(4)10-12(15)13-9-7-6-8-11(2)3/h11H,5-10H2,1-4H3,(H,13,15). The molecule has 1 N–H and O–H groups in total. The molecule has 3 nitrogen and oxygen atoms in total. The van der Waals surface area contributed by atoms with Crippen LogP contribution in [-0.2, 0) is 4.79 Å². The smallest absolute Gasteiger partial charge is 0.234 e. The highest BCUT2D eigenvalue weighted by Gasteiger charge is 2.03. The van der Waals surface area contributed by atoms with Crippen LogP contribution < -0.4 is 5.32 Å². The zero-order valence-electron chi connectivity index (χ0n) is 10.7. The third kappa shape index (κ3) is 9.73. The van der Waals surface area contributed by atoms with E-state index in [-0.39, 0.29) is 5.91 Å². The molecule has 0 spiro atoms. The minimum atomic E-state index is 0.142. The Labute approximate surface area is 94.2 Å². The SMILES string of the molecule is CCN(C)CC(=O)NCCCCC(C)C. The Hall–Kier alpha value is -0.570. The Kier molecular flexibility index (Phi) is 8.38. The predicted molar refractivity (Wildman–Crippen MR) is 64.9 cm³/mol. The van der Waals surface area contributed by atoms with E-state index in [1.165, 1.54) is 12.8 Å². The summed E-state index contributed by atoms with van der Waals surface area (Å²) in [5.41, 5.74) is 0. The van der Waals surface area contributed by atoms with E-state index in [1.807, 2.05) is 11.9 Å². The zero-order valence-corrected chi connectivity index (χ0v) is 10.7. The van der Waals surface area contributed by atoms with Gasteiger partial charge in [0.25, 0.3) is 0 Å². The van der Waals surface area contributed by atoms with Crippen molar-refractivity contribution in [1.29, 1.82) is 0 Å². The minimum absolute atomic E-state index is 0.142. The van der Waals surface area contributed by atoms with Crippen molar-refractivity contribution in [3.05, 3.63) is 0 Å². The van der Waals surface area contributed by atoms with Crippen molar-refractivity contribution in [2.45, 2.75) is 40.0 Å². The van der Waals surface area contributed by atoms with Crippen LogP contribution in [0, 0.1) is 5.92 Å². The van der Waals surface area contributed by atoms with Crippen molar-refractivity contribution < 1.29 is 4.79 Å². The number of hydrogen-bond donors (Lipinski definition) is 1. The Morgan fingerprint density at radius 2 is 2.00 bits per heavy atom. The van der Waals surface area contributed by atoms with Gasteiger partial charge in [0.05, 0.1) is 6.54 Å². The van der Waals surface area contributed by atoms with Gasteiger partial charge in [-0.15, -0.1) is 0 Å². The van der Waals surface area contributed by atoms with Gasteiger partial charge in [0.2, 0.25) is 5.91 Å². The maximum absolute atomic E-state index is 11.4. The molecule has 15 heavy (non-hydrogen) atoms. The van der Waals surface area contributed by atoms with Gasteiger partial charge in [0.1, 0.15) is 0 Å². The average molecular weight is 214 g/mol. The molecule has 0 aromatic carbocycles. The van der Waals surface area contributed by atoms with Crippen LogP contribution in [0.2, 0.25) is 0 Å². The van der Waals surface area contributed by atoms with E-state index in [9.17, 15) is 4.79 Å². The van der Waals surface area contributed by atoms with Crippen LogP contribution in [0.5, 0.6) is 0 Å². The topological polar surface area (TPSA) is 32.3 Å². The molecule has 90 valence electrons. The first kappa shape index (κ1) is 14.4.